The van der Waals surface area contributed by atoms with Crippen molar-refractivity contribution in [2.45, 2.75) is 52.4 Å². The summed E-state index contributed by atoms with van der Waals surface area (Å²) in [5.41, 5.74) is 1.65. The Balaban J connectivity index is 0.000000240. The molecule has 0 fully saturated rings. The number of phenols is 4. The summed E-state index contributed by atoms with van der Waals surface area (Å²) in [6.45, 7) is 12.1. The highest BCUT2D eigenvalue weighted by Gasteiger charge is 2.19. The predicted molar refractivity (Wildman–Crippen MR) is 96.9 cm³/mol. The highest BCUT2D eigenvalue weighted by molar-refractivity contribution is 5.47. The van der Waals surface area contributed by atoms with Crippen LogP contribution in [0.5, 0.6) is 23.0 Å². The topological polar surface area (TPSA) is 80.9 Å². The van der Waals surface area contributed by atoms with Crippen LogP contribution in [0.1, 0.15) is 52.7 Å². The zero-order valence-corrected chi connectivity index (χ0v) is 15.3. The molecule has 0 saturated carbocycles. The first-order chi connectivity index (χ1) is 10.8. The molecular weight excluding hydrogens is 304 g/mol. The number of para-hydroxylation sites is 1. The van der Waals surface area contributed by atoms with Crippen LogP contribution in [-0.2, 0) is 10.8 Å². The lowest BCUT2D eigenvalue weighted by Gasteiger charge is -2.20. The zero-order valence-electron chi connectivity index (χ0n) is 15.3. The maximum Gasteiger partial charge on any atom is 0.161 e. The van der Waals surface area contributed by atoms with Crippen molar-refractivity contribution >= 4 is 0 Å². The van der Waals surface area contributed by atoms with Gasteiger partial charge in [-0.15, -0.1) is 0 Å². The van der Waals surface area contributed by atoms with E-state index < -0.39 is 0 Å². The van der Waals surface area contributed by atoms with Gasteiger partial charge in [0.2, 0.25) is 0 Å². The molecule has 4 heteroatoms. The zero-order chi connectivity index (χ0) is 18.7. The minimum absolute atomic E-state index is 0.00514. The summed E-state index contributed by atoms with van der Waals surface area (Å²) in [4.78, 5) is 0. The first-order valence-corrected chi connectivity index (χ1v) is 7.88. The summed E-state index contributed by atoms with van der Waals surface area (Å²) < 4.78 is 0. The molecule has 0 spiro atoms. The summed E-state index contributed by atoms with van der Waals surface area (Å²) in [6, 6.07) is 9.94. The highest BCUT2D eigenvalue weighted by Crippen LogP contribution is 2.36. The second-order valence-corrected chi connectivity index (χ2v) is 7.88. The van der Waals surface area contributed by atoms with E-state index in [1.165, 1.54) is 12.1 Å². The maximum absolute atomic E-state index is 9.48. The van der Waals surface area contributed by atoms with Crippen molar-refractivity contribution in [1.29, 1.82) is 0 Å². The van der Waals surface area contributed by atoms with Gasteiger partial charge >= 0.3 is 0 Å². The Hall–Kier alpha value is -2.36. The Morgan fingerprint density at radius 1 is 0.625 bits per heavy atom. The van der Waals surface area contributed by atoms with Gasteiger partial charge in [0.05, 0.1) is 0 Å². The average molecular weight is 332 g/mol. The third-order valence-corrected chi connectivity index (χ3v) is 3.66. The molecule has 0 saturated heterocycles. The van der Waals surface area contributed by atoms with Crippen LogP contribution in [-0.4, -0.2) is 20.4 Å². The van der Waals surface area contributed by atoms with Crippen LogP contribution in [0.2, 0.25) is 0 Å². The monoisotopic (exact) mass is 332 g/mol. The molecule has 0 atom stereocenters. The van der Waals surface area contributed by atoms with Gasteiger partial charge < -0.3 is 20.4 Å². The van der Waals surface area contributed by atoms with E-state index in [0.717, 1.165) is 11.1 Å². The number of hydrogen-bond donors (Lipinski definition) is 4. The van der Waals surface area contributed by atoms with Crippen molar-refractivity contribution in [2.24, 2.45) is 0 Å². The fourth-order valence-corrected chi connectivity index (χ4v) is 2.13. The smallest absolute Gasteiger partial charge is 0.161 e. The van der Waals surface area contributed by atoms with Crippen molar-refractivity contribution in [3.05, 3.63) is 47.5 Å². The Labute approximate surface area is 144 Å². The van der Waals surface area contributed by atoms with E-state index in [9.17, 15) is 15.3 Å². The number of rotatable bonds is 0. The normalized spacial score (nSPS) is 11.6. The van der Waals surface area contributed by atoms with Gasteiger partial charge in [0.1, 0.15) is 0 Å². The second kappa shape index (κ2) is 7.04. The van der Waals surface area contributed by atoms with E-state index in [1.54, 1.807) is 12.1 Å². The SMILES string of the molecule is CC(C)(C)c1ccc(O)c(O)c1.CC(C)(C)c1cccc(O)c1O. The van der Waals surface area contributed by atoms with Gasteiger partial charge in [-0.1, -0.05) is 59.7 Å². The Morgan fingerprint density at radius 2 is 1.21 bits per heavy atom. The fraction of sp³-hybridized carbons (Fsp3) is 0.400. The summed E-state index contributed by atoms with van der Waals surface area (Å²) >= 11 is 0. The molecule has 0 aliphatic heterocycles. The number of phenolic OH excluding ortho intramolecular Hbond substituents is 4. The Morgan fingerprint density at radius 3 is 1.62 bits per heavy atom. The van der Waals surface area contributed by atoms with E-state index in [-0.39, 0.29) is 33.8 Å². The molecule has 0 radical (unpaired) electrons. The van der Waals surface area contributed by atoms with Crippen molar-refractivity contribution in [1.82, 2.24) is 0 Å². The standard InChI is InChI=1S/2C10H14O2/c1-10(2,3)7-4-5-8(11)9(12)6-7;1-10(2,3)7-5-4-6-8(11)9(7)12/h2*4-6,11-12H,1-3H3. The van der Waals surface area contributed by atoms with E-state index in [2.05, 4.69) is 20.8 Å². The summed E-state index contributed by atoms with van der Waals surface area (Å²) in [5, 5.41) is 37.0. The van der Waals surface area contributed by atoms with Gasteiger partial charge in [0.25, 0.3) is 0 Å². The maximum atomic E-state index is 9.48. The lowest BCUT2D eigenvalue weighted by atomic mass is 9.86. The van der Waals surface area contributed by atoms with E-state index in [0.29, 0.717) is 0 Å². The molecule has 2 aromatic rings. The molecule has 0 aromatic heterocycles. The third kappa shape index (κ3) is 5.08. The van der Waals surface area contributed by atoms with E-state index >= 15 is 0 Å². The molecule has 0 aliphatic rings. The molecule has 2 aromatic carbocycles. The predicted octanol–water partition coefficient (Wildman–Crippen LogP) is 4.79. The van der Waals surface area contributed by atoms with Crippen LogP contribution >= 0.6 is 0 Å². The second-order valence-electron chi connectivity index (χ2n) is 7.88. The molecule has 0 heterocycles. The van der Waals surface area contributed by atoms with Gasteiger partial charge in [0, 0.05) is 5.56 Å². The van der Waals surface area contributed by atoms with Gasteiger partial charge in [-0.25, -0.2) is 0 Å². The minimum Gasteiger partial charge on any atom is -0.504 e. The molecule has 0 amide bonds. The van der Waals surface area contributed by atoms with Crippen LogP contribution in [0.25, 0.3) is 0 Å². The van der Waals surface area contributed by atoms with Crippen LogP contribution in [0.15, 0.2) is 36.4 Å². The molecule has 132 valence electrons. The van der Waals surface area contributed by atoms with Crippen LogP contribution in [0.3, 0.4) is 0 Å². The lowest BCUT2D eigenvalue weighted by Crippen LogP contribution is -2.10. The molecule has 0 unspecified atom stereocenters. The molecule has 4 nitrogen and oxygen atoms in total. The molecule has 2 rings (SSSR count). The first-order valence-electron chi connectivity index (χ1n) is 7.88. The van der Waals surface area contributed by atoms with Crippen molar-refractivity contribution in [3.63, 3.8) is 0 Å². The number of benzene rings is 2. The molecule has 0 aliphatic carbocycles. The molecule has 4 N–H and O–H groups in total. The largest absolute Gasteiger partial charge is 0.504 e. The van der Waals surface area contributed by atoms with Gasteiger partial charge in [0.15, 0.2) is 23.0 Å². The Bertz CT molecular complexity index is 692. The average Bonchev–Trinajstić information content (AvgIpc) is 2.43. The van der Waals surface area contributed by atoms with Crippen molar-refractivity contribution in [2.75, 3.05) is 0 Å². The fourth-order valence-electron chi connectivity index (χ4n) is 2.13. The van der Waals surface area contributed by atoms with Gasteiger partial charge in [-0.3, -0.25) is 0 Å². The third-order valence-electron chi connectivity index (χ3n) is 3.66. The number of hydrogen-bond acceptors (Lipinski definition) is 4. The summed E-state index contributed by atoms with van der Waals surface area (Å²) in [6.07, 6.45) is 0. The van der Waals surface area contributed by atoms with Gasteiger partial charge in [-0.2, -0.15) is 0 Å². The van der Waals surface area contributed by atoms with Crippen LogP contribution < -0.4 is 0 Å². The van der Waals surface area contributed by atoms with Crippen LogP contribution in [0, 0.1) is 0 Å². The van der Waals surface area contributed by atoms with Gasteiger partial charge in [-0.05, 0) is 34.6 Å². The van der Waals surface area contributed by atoms with Crippen molar-refractivity contribution < 1.29 is 20.4 Å². The quantitative estimate of drug-likeness (QED) is 0.523. The van der Waals surface area contributed by atoms with Crippen LogP contribution in [0.4, 0.5) is 0 Å². The molecule has 0 bridgehead atoms. The molecule has 24 heavy (non-hydrogen) atoms. The lowest BCUT2D eigenvalue weighted by molar-refractivity contribution is 0.389. The highest BCUT2D eigenvalue weighted by atomic mass is 16.3. The van der Waals surface area contributed by atoms with E-state index in [4.69, 9.17) is 5.11 Å². The van der Waals surface area contributed by atoms with Crippen molar-refractivity contribution in [3.8, 4) is 23.0 Å². The summed E-state index contributed by atoms with van der Waals surface area (Å²) in [5.74, 6) is -0.183. The first kappa shape index (κ1) is 19.7. The number of aromatic hydroxyl groups is 4. The summed E-state index contributed by atoms with van der Waals surface area (Å²) in [7, 11) is 0. The molecular formula is C20H28O4. The minimum atomic E-state index is -0.136. The Kier molecular flexibility index (Phi) is 5.77. The van der Waals surface area contributed by atoms with E-state index in [1.807, 2.05) is 32.9 Å².